The van der Waals surface area contributed by atoms with E-state index >= 15 is 0 Å². The Bertz CT molecular complexity index is 2440. The fraction of sp³-hybridized carbons (Fsp3) is 0. The fourth-order valence-electron chi connectivity index (χ4n) is 5.94. The van der Waals surface area contributed by atoms with Crippen LogP contribution in [0, 0.1) is 6.58 Å². The van der Waals surface area contributed by atoms with Crippen molar-refractivity contribution >= 4 is 96.3 Å². The molecule has 0 fully saturated rings. The average Bonchev–Trinajstić information content (AvgIpc) is 3.94. The first-order valence-electron chi connectivity index (χ1n) is 16.0. The second kappa shape index (κ2) is 16.0. The van der Waals surface area contributed by atoms with E-state index in [1.165, 1.54) is 6.08 Å². The molecule has 0 bridgehead atoms. The zero-order chi connectivity index (χ0) is 36.4. The molecule has 2 N–H and O–H groups in total. The smallest absolute Gasteiger partial charge is 0.0548 e. The van der Waals surface area contributed by atoms with Gasteiger partial charge in [-0.25, -0.2) is 0 Å². The number of nitrogens with zero attached hydrogens (tertiary/aromatic N) is 2. The van der Waals surface area contributed by atoms with E-state index in [1.54, 1.807) is 0 Å². The number of allylic oxidation sites excluding steroid dienone is 6. The minimum absolute atomic E-state index is 0.191. The van der Waals surface area contributed by atoms with Crippen LogP contribution in [0.1, 0.15) is 33.6 Å². The van der Waals surface area contributed by atoms with Gasteiger partial charge in [-0.3, -0.25) is 18.4 Å². The van der Waals surface area contributed by atoms with Gasteiger partial charge in [-0.05, 0) is 17.7 Å². The molecule has 0 radical (unpaired) electrons. The topological polar surface area (TPSA) is 64.3 Å². The Morgan fingerprint density at radius 1 is 0.538 bits per heavy atom. The van der Waals surface area contributed by atoms with Gasteiger partial charge in [0.2, 0.25) is 0 Å². The van der Waals surface area contributed by atoms with Gasteiger partial charge in [0, 0.05) is 8.95 Å². The molecule has 0 amide bonds. The molecular weight excluding hydrogens is 951 g/mol. The summed E-state index contributed by atoms with van der Waals surface area (Å²) in [5, 5.41) is 0. The first-order valence-corrected chi connectivity index (χ1v) is 19.6. The number of aromatic amines is 1. The monoisotopic (exact) mass is 973 g/mol. The molecule has 3 heterocycles. The Morgan fingerprint density at radius 3 is 1.37 bits per heavy atom. The van der Waals surface area contributed by atoms with Crippen molar-refractivity contribution in [3.05, 3.63) is 221 Å². The van der Waals surface area contributed by atoms with E-state index in [9.17, 15) is 0 Å². The van der Waals surface area contributed by atoms with Gasteiger partial charge in [-0.1, -0.05) is 49.6 Å². The molecular formula is C43H26Br4CoN4-2. The van der Waals surface area contributed by atoms with Crippen molar-refractivity contribution in [3.63, 3.8) is 0 Å². The first-order chi connectivity index (χ1) is 25.2. The molecule has 5 aromatic rings. The number of hydrogen-bond acceptors (Lipinski definition) is 2. The standard InChI is InChI=1S/C43H26Br4N4.Co/c1-2-35(48)41(27-5-13-31(45)14-6-27)36-21-22-39(50-36)43(29-9-17-33(47)18-10-29)40-24-23-38(51-40)42(28-7-15-32(46)16-8-28)37-20-19-34(49-37)25-26-3-11-30(44)12-4-26;/h1-24,48,51H;/q-2;/b41-35-,42-37-,43-39-;. The van der Waals surface area contributed by atoms with Gasteiger partial charge in [0.1, 0.15) is 0 Å². The van der Waals surface area contributed by atoms with Crippen LogP contribution >= 0.6 is 63.7 Å². The number of H-pyrrole nitrogens is 1. The molecule has 0 unspecified atom stereocenters. The molecule has 1 aromatic heterocycles. The van der Waals surface area contributed by atoms with E-state index in [-0.39, 0.29) is 5.70 Å². The van der Waals surface area contributed by atoms with Crippen molar-refractivity contribution in [1.82, 2.24) is 4.98 Å². The van der Waals surface area contributed by atoms with E-state index in [0.29, 0.717) is 11.3 Å². The second-order valence-corrected chi connectivity index (χ2v) is 15.9. The molecule has 2 aliphatic heterocycles. The van der Waals surface area contributed by atoms with E-state index in [2.05, 4.69) is 105 Å². The molecule has 4 nitrogen and oxygen atoms in total. The molecule has 0 spiro atoms. The Balaban J connectivity index is 1.36. The molecule has 257 valence electrons. The summed E-state index contributed by atoms with van der Waals surface area (Å²) in [6, 6.07) is 36.4. The van der Waals surface area contributed by atoms with Gasteiger partial charge in [-0.2, -0.15) is 0 Å². The summed E-state index contributed by atoms with van der Waals surface area (Å²) in [5.74, 6) is 0. The maximum absolute atomic E-state index is 8.70. The summed E-state index contributed by atoms with van der Waals surface area (Å²) in [6.45, 7) is 5.89. The quantitative estimate of drug-likeness (QED) is 0.113. The zero-order valence-electron chi connectivity index (χ0n) is 27.1. The van der Waals surface area contributed by atoms with Gasteiger partial charge >= 0.3 is 247 Å². The van der Waals surface area contributed by atoms with Crippen molar-refractivity contribution < 1.29 is 15.3 Å². The Morgan fingerprint density at radius 2 is 0.923 bits per heavy atom. The molecule has 52 heavy (non-hydrogen) atoms. The number of nitrogens with one attached hydrogen (secondary N) is 2. The minimum Gasteiger partial charge on any atom is -0.0548 e. The average molecular weight is 977 g/mol. The summed E-state index contributed by atoms with van der Waals surface area (Å²) in [6.07, 6.45) is 9.28. The molecule has 9 heteroatoms. The second-order valence-electron chi connectivity index (χ2n) is 11.7. The van der Waals surface area contributed by atoms with Crippen LogP contribution in [0.5, 0.6) is 0 Å². The third-order valence-electron chi connectivity index (χ3n) is 8.41. The van der Waals surface area contributed by atoms with E-state index in [0.717, 1.165) is 84.2 Å². The summed E-state index contributed by atoms with van der Waals surface area (Å²) in [5.41, 5.74) is 20.0. The van der Waals surface area contributed by atoms with Crippen molar-refractivity contribution in [3.8, 4) is 0 Å². The number of rotatable bonds is 9. The van der Waals surface area contributed by atoms with Crippen molar-refractivity contribution in [1.29, 1.82) is 0 Å². The van der Waals surface area contributed by atoms with Gasteiger partial charge in [0.15, 0.2) is 0 Å². The number of halogens is 4. The number of aromatic nitrogens is 1. The first kappa shape index (κ1) is 36.4. The van der Waals surface area contributed by atoms with Crippen LogP contribution in [0.25, 0.3) is 22.5 Å². The molecule has 0 atom stereocenters. The summed E-state index contributed by atoms with van der Waals surface area (Å²) in [4.78, 5) is 13.9. The van der Waals surface area contributed by atoms with Crippen LogP contribution in [-0.4, -0.2) is 20.9 Å². The van der Waals surface area contributed by atoms with Crippen LogP contribution in [0.2, 0.25) is 0 Å². The van der Waals surface area contributed by atoms with Gasteiger partial charge in [-0.15, -0.1) is 0 Å². The number of aliphatic imine (C=N–C) groups is 2. The SMILES string of the molecule is [CH-]=C/C([NH-])=C(C1=N/C(=C(/c2ccc(Br)cc2)c2ccc(/C(=C3/C=CC([C](=[Co])c4ccc(Br)cc4)=N3)c3ccc(Br)cc3)[nH]2)C=C1)\c1ccc(Br)cc1. The maximum atomic E-state index is 8.70. The summed E-state index contributed by atoms with van der Waals surface area (Å²) >= 11 is 19.2. The minimum atomic E-state index is 0.191. The number of benzene rings is 4. The molecule has 7 rings (SSSR count). The summed E-state index contributed by atoms with van der Waals surface area (Å²) < 4.78 is 4.71. The number of hydrogen-bond donors (Lipinski definition) is 1. The predicted molar refractivity (Wildman–Crippen MR) is 227 cm³/mol. The summed E-state index contributed by atoms with van der Waals surface area (Å²) in [7, 11) is 0. The van der Waals surface area contributed by atoms with Gasteiger partial charge < -0.3 is 5.73 Å². The van der Waals surface area contributed by atoms with Crippen LogP contribution in [-0.2, 0) is 15.3 Å². The molecule has 4 aromatic carbocycles. The fourth-order valence-corrected chi connectivity index (χ4v) is 7.31. The van der Waals surface area contributed by atoms with Crippen molar-refractivity contribution in [2.75, 3.05) is 0 Å². The molecule has 0 saturated heterocycles. The third-order valence-corrected chi connectivity index (χ3v) is 11.1. The van der Waals surface area contributed by atoms with E-state index in [4.69, 9.17) is 37.6 Å². The zero-order valence-corrected chi connectivity index (χ0v) is 34.5. The van der Waals surface area contributed by atoms with E-state index < -0.39 is 0 Å². The van der Waals surface area contributed by atoms with Crippen molar-refractivity contribution in [2.24, 2.45) is 9.98 Å². The van der Waals surface area contributed by atoms with Crippen molar-refractivity contribution in [2.45, 2.75) is 0 Å². The molecule has 0 aliphatic carbocycles. The Kier molecular flexibility index (Phi) is 11.2. The predicted octanol–water partition coefficient (Wildman–Crippen LogP) is 12.8. The van der Waals surface area contributed by atoms with Gasteiger partial charge in [0.05, 0.1) is 0 Å². The molecule has 2 aliphatic rings. The third kappa shape index (κ3) is 7.85. The van der Waals surface area contributed by atoms with Crippen LogP contribution < -0.4 is 0 Å². The van der Waals surface area contributed by atoms with Gasteiger partial charge in [0.25, 0.3) is 0 Å². The molecule has 0 saturated carbocycles. The van der Waals surface area contributed by atoms with Crippen LogP contribution in [0.3, 0.4) is 0 Å². The van der Waals surface area contributed by atoms with Crippen LogP contribution in [0.4, 0.5) is 0 Å². The Hall–Kier alpha value is -3.96. The van der Waals surface area contributed by atoms with Crippen LogP contribution in [0.15, 0.2) is 185 Å². The van der Waals surface area contributed by atoms with E-state index in [1.807, 2.05) is 97.1 Å². The normalized spacial score (nSPS) is 16.0. The Labute approximate surface area is 344 Å².